The molecule has 1 heterocycles. The highest BCUT2D eigenvalue weighted by Gasteiger charge is 2.23. The molecule has 3 aromatic rings. The number of carbonyl (C=O) groups is 1. The van der Waals surface area contributed by atoms with E-state index in [1.54, 1.807) is 6.92 Å². The number of aromatic nitrogens is 1. The Hall–Kier alpha value is -2.73. The lowest BCUT2D eigenvalue weighted by molar-refractivity contribution is 0.0693. The van der Waals surface area contributed by atoms with Gasteiger partial charge in [0.25, 0.3) is 0 Å². The summed E-state index contributed by atoms with van der Waals surface area (Å²) in [4.78, 5) is 24.2. The normalized spacial score (nSPS) is 11.0. The number of benzene rings is 2. The van der Waals surface area contributed by atoms with Crippen molar-refractivity contribution in [3.63, 3.8) is 0 Å². The number of aromatic carboxylic acids is 1. The maximum Gasteiger partial charge on any atom is 0.341 e. The highest BCUT2D eigenvalue weighted by Crippen LogP contribution is 2.27. The molecule has 0 aliphatic rings. The minimum Gasteiger partial charge on any atom is -0.477 e. The van der Waals surface area contributed by atoms with Crippen molar-refractivity contribution in [2.45, 2.75) is 13.3 Å². The van der Waals surface area contributed by atoms with Crippen LogP contribution in [0.5, 0.6) is 0 Å². The number of nitrogens with zero attached hydrogens (tertiary/aromatic N) is 1. The fourth-order valence-corrected chi connectivity index (χ4v) is 3.02. The molecule has 1 aromatic heterocycles. The van der Waals surface area contributed by atoms with Crippen LogP contribution in [0.2, 0.25) is 5.02 Å². The summed E-state index contributed by atoms with van der Waals surface area (Å²) in [6.45, 7) is 1.69. The molecule has 0 unspecified atom stereocenters. The molecule has 4 nitrogen and oxygen atoms in total. The standard InChI is InChI=1S/C18H12ClF2NO3/c1-2-14-16(18(24)25)17(23)11-7-13(21)12(19)8-15(11)22(14)10-5-3-9(20)4-6-10/h3-8H,2H2,1H3,(H,24,25). The van der Waals surface area contributed by atoms with Crippen molar-refractivity contribution in [3.8, 4) is 5.69 Å². The van der Waals surface area contributed by atoms with Gasteiger partial charge in [0, 0.05) is 16.8 Å². The molecule has 0 spiro atoms. The molecule has 0 atom stereocenters. The van der Waals surface area contributed by atoms with Crippen molar-refractivity contribution in [1.29, 1.82) is 0 Å². The fourth-order valence-electron chi connectivity index (χ4n) is 2.87. The molecule has 0 aliphatic heterocycles. The second-order valence-electron chi connectivity index (χ2n) is 5.40. The lowest BCUT2D eigenvalue weighted by Crippen LogP contribution is -2.23. The molecule has 0 aliphatic carbocycles. The smallest absolute Gasteiger partial charge is 0.341 e. The Morgan fingerprint density at radius 1 is 1.20 bits per heavy atom. The Labute approximate surface area is 145 Å². The first-order valence-electron chi connectivity index (χ1n) is 7.41. The highest BCUT2D eigenvalue weighted by atomic mass is 35.5. The van der Waals surface area contributed by atoms with Crippen molar-refractivity contribution in [3.05, 3.63) is 74.5 Å². The average Bonchev–Trinajstić information content (AvgIpc) is 2.57. The van der Waals surface area contributed by atoms with E-state index >= 15 is 0 Å². The van der Waals surface area contributed by atoms with Gasteiger partial charge in [0.2, 0.25) is 5.43 Å². The van der Waals surface area contributed by atoms with Gasteiger partial charge in [0.15, 0.2) is 0 Å². The molecule has 3 rings (SSSR count). The number of rotatable bonds is 3. The van der Waals surface area contributed by atoms with E-state index in [0.29, 0.717) is 5.69 Å². The molecule has 7 heteroatoms. The van der Waals surface area contributed by atoms with E-state index < -0.39 is 28.6 Å². The summed E-state index contributed by atoms with van der Waals surface area (Å²) < 4.78 is 28.6. The predicted molar refractivity (Wildman–Crippen MR) is 90.8 cm³/mol. The third-order valence-electron chi connectivity index (χ3n) is 3.94. The van der Waals surface area contributed by atoms with Crippen molar-refractivity contribution in [1.82, 2.24) is 4.57 Å². The highest BCUT2D eigenvalue weighted by molar-refractivity contribution is 6.31. The Morgan fingerprint density at radius 2 is 1.84 bits per heavy atom. The zero-order valence-corrected chi connectivity index (χ0v) is 13.8. The van der Waals surface area contributed by atoms with Crippen LogP contribution >= 0.6 is 11.6 Å². The Balaban J connectivity index is 2.58. The molecule has 0 bridgehead atoms. The number of pyridine rings is 1. The van der Waals surface area contributed by atoms with Crippen LogP contribution in [0.15, 0.2) is 41.2 Å². The summed E-state index contributed by atoms with van der Waals surface area (Å²) in [6.07, 6.45) is 0.221. The van der Waals surface area contributed by atoms with Gasteiger partial charge in [0.05, 0.1) is 10.5 Å². The van der Waals surface area contributed by atoms with Gasteiger partial charge >= 0.3 is 5.97 Å². The molecular formula is C18H12ClF2NO3. The lowest BCUT2D eigenvalue weighted by atomic mass is 10.0. The summed E-state index contributed by atoms with van der Waals surface area (Å²) in [6, 6.07) is 7.50. The minimum absolute atomic E-state index is 0.110. The summed E-state index contributed by atoms with van der Waals surface area (Å²) in [5.74, 6) is -2.69. The van der Waals surface area contributed by atoms with Gasteiger partial charge in [-0.3, -0.25) is 4.79 Å². The predicted octanol–water partition coefficient (Wildman–Crippen LogP) is 4.18. The molecule has 1 N–H and O–H groups in total. The van der Waals surface area contributed by atoms with E-state index in [4.69, 9.17) is 11.6 Å². The lowest BCUT2D eigenvalue weighted by Gasteiger charge is -2.19. The van der Waals surface area contributed by atoms with Crippen LogP contribution in [0.4, 0.5) is 8.78 Å². The van der Waals surface area contributed by atoms with Gasteiger partial charge in [0.1, 0.15) is 17.2 Å². The second-order valence-corrected chi connectivity index (χ2v) is 5.81. The molecule has 0 amide bonds. The van der Waals surface area contributed by atoms with Gasteiger partial charge in [-0.25, -0.2) is 13.6 Å². The van der Waals surface area contributed by atoms with E-state index in [1.165, 1.54) is 34.9 Å². The first kappa shape index (κ1) is 17.1. The third kappa shape index (κ3) is 2.78. The largest absolute Gasteiger partial charge is 0.477 e. The molecular weight excluding hydrogens is 352 g/mol. The maximum atomic E-state index is 13.9. The van der Waals surface area contributed by atoms with Crippen LogP contribution in [0.3, 0.4) is 0 Å². The van der Waals surface area contributed by atoms with Crippen LogP contribution in [0.1, 0.15) is 23.0 Å². The Morgan fingerprint density at radius 3 is 2.40 bits per heavy atom. The van der Waals surface area contributed by atoms with Crippen molar-refractivity contribution < 1.29 is 18.7 Å². The van der Waals surface area contributed by atoms with E-state index in [-0.39, 0.29) is 28.0 Å². The molecule has 0 fully saturated rings. The number of halogens is 3. The van der Waals surface area contributed by atoms with E-state index in [2.05, 4.69) is 0 Å². The van der Waals surface area contributed by atoms with Gasteiger partial charge < -0.3 is 9.67 Å². The van der Waals surface area contributed by atoms with Crippen molar-refractivity contribution in [2.75, 3.05) is 0 Å². The Kier molecular flexibility index (Phi) is 4.30. The SMILES string of the molecule is CCc1c(C(=O)O)c(=O)c2cc(F)c(Cl)cc2n1-c1ccc(F)cc1. The zero-order valence-electron chi connectivity index (χ0n) is 13.0. The summed E-state index contributed by atoms with van der Waals surface area (Å²) in [5.41, 5.74) is -0.313. The summed E-state index contributed by atoms with van der Waals surface area (Å²) in [5, 5.41) is 9.17. The van der Waals surface area contributed by atoms with E-state index in [1.807, 2.05) is 0 Å². The minimum atomic E-state index is -1.41. The second kappa shape index (κ2) is 6.29. The molecule has 0 saturated carbocycles. The number of hydrogen-bond donors (Lipinski definition) is 1. The van der Waals surface area contributed by atoms with Crippen LogP contribution in [-0.2, 0) is 6.42 Å². The number of carboxylic acid groups (broad SMARTS) is 1. The molecule has 128 valence electrons. The van der Waals surface area contributed by atoms with Gasteiger partial charge in [-0.15, -0.1) is 0 Å². The van der Waals surface area contributed by atoms with E-state index in [0.717, 1.165) is 6.07 Å². The van der Waals surface area contributed by atoms with Crippen LogP contribution in [-0.4, -0.2) is 15.6 Å². The van der Waals surface area contributed by atoms with E-state index in [9.17, 15) is 23.5 Å². The topological polar surface area (TPSA) is 59.3 Å². The molecule has 25 heavy (non-hydrogen) atoms. The van der Waals surface area contributed by atoms with Gasteiger partial charge in [-0.1, -0.05) is 18.5 Å². The third-order valence-corrected chi connectivity index (χ3v) is 4.23. The quantitative estimate of drug-likeness (QED) is 0.759. The fraction of sp³-hybridized carbons (Fsp3) is 0.111. The monoisotopic (exact) mass is 363 g/mol. The van der Waals surface area contributed by atoms with Crippen LogP contribution in [0, 0.1) is 11.6 Å². The summed E-state index contributed by atoms with van der Waals surface area (Å²) >= 11 is 5.86. The van der Waals surface area contributed by atoms with Gasteiger partial charge in [-0.05, 0) is 42.8 Å². The van der Waals surface area contributed by atoms with Crippen LogP contribution in [0.25, 0.3) is 16.6 Å². The van der Waals surface area contributed by atoms with Gasteiger partial charge in [-0.2, -0.15) is 0 Å². The molecule has 0 radical (unpaired) electrons. The number of hydrogen-bond acceptors (Lipinski definition) is 2. The average molecular weight is 364 g/mol. The maximum absolute atomic E-state index is 13.9. The van der Waals surface area contributed by atoms with Crippen molar-refractivity contribution in [2.24, 2.45) is 0 Å². The summed E-state index contributed by atoms with van der Waals surface area (Å²) in [7, 11) is 0. The first-order chi connectivity index (χ1) is 11.8. The Bertz CT molecular complexity index is 1060. The zero-order chi connectivity index (χ0) is 18.3. The van der Waals surface area contributed by atoms with Crippen molar-refractivity contribution >= 4 is 28.5 Å². The first-order valence-corrected chi connectivity index (χ1v) is 7.78. The van der Waals surface area contributed by atoms with Crippen LogP contribution < -0.4 is 5.43 Å². The molecule has 0 saturated heterocycles. The number of fused-ring (bicyclic) bond motifs is 1. The number of carboxylic acids is 1. The molecule has 2 aromatic carbocycles.